The largest absolute Gasteiger partial charge is 0.378 e. The highest BCUT2D eigenvalue weighted by Gasteiger charge is 2.22. The van der Waals surface area contributed by atoms with Gasteiger partial charge in [0.1, 0.15) is 0 Å². The van der Waals surface area contributed by atoms with Gasteiger partial charge in [-0.2, -0.15) is 0 Å². The summed E-state index contributed by atoms with van der Waals surface area (Å²) in [5.74, 6) is 0. The van der Waals surface area contributed by atoms with Crippen LogP contribution in [0, 0.1) is 0 Å². The lowest BCUT2D eigenvalue weighted by Gasteiger charge is -2.20. The number of fused-ring (bicyclic) bond motifs is 1. The van der Waals surface area contributed by atoms with E-state index in [1.54, 1.807) is 0 Å². The summed E-state index contributed by atoms with van der Waals surface area (Å²) in [4.78, 5) is 0. The van der Waals surface area contributed by atoms with Crippen molar-refractivity contribution in [1.29, 1.82) is 0 Å². The van der Waals surface area contributed by atoms with Gasteiger partial charge in [0.15, 0.2) is 0 Å². The van der Waals surface area contributed by atoms with E-state index in [0.29, 0.717) is 6.04 Å². The zero-order valence-corrected chi connectivity index (χ0v) is 11.9. The molecule has 0 aliphatic carbocycles. The van der Waals surface area contributed by atoms with Crippen LogP contribution in [0.5, 0.6) is 0 Å². The smallest absolute Gasteiger partial charge is 0.0555 e. The van der Waals surface area contributed by atoms with E-state index in [9.17, 15) is 0 Å². The first-order valence-corrected chi connectivity index (χ1v) is 6.99. The molecule has 0 bridgehead atoms. The van der Waals surface area contributed by atoms with Crippen LogP contribution in [0.15, 0.2) is 48.5 Å². The van der Waals surface area contributed by atoms with Gasteiger partial charge in [0.25, 0.3) is 0 Å². The van der Waals surface area contributed by atoms with Crippen LogP contribution in [-0.2, 0) is 11.8 Å². The quantitative estimate of drug-likeness (QED) is 0.775. The average Bonchev–Trinajstić information content (AvgIpc) is 2.81. The first kappa shape index (κ1) is 12.3. The Morgan fingerprint density at radius 1 is 0.947 bits per heavy atom. The third-order valence-electron chi connectivity index (χ3n) is 3.95. The summed E-state index contributed by atoms with van der Waals surface area (Å²) < 4.78 is 0. The predicted molar refractivity (Wildman–Crippen MR) is 81.7 cm³/mol. The van der Waals surface area contributed by atoms with Crippen molar-refractivity contribution < 1.29 is 0 Å². The summed E-state index contributed by atoms with van der Waals surface area (Å²) in [7, 11) is 0. The molecule has 0 fully saturated rings. The van der Waals surface area contributed by atoms with Crippen LogP contribution in [-0.4, -0.2) is 0 Å². The summed E-state index contributed by atoms with van der Waals surface area (Å²) in [5.41, 5.74) is 5.71. The van der Waals surface area contributed by atoms with Crippen LogP contribution >= 0.6 is 0 Å². The van der Waals surface area contributed by atoms with Crippen LogP contribution in [0.1, 0.15) is 43.5 Å². The summed E-state index contributed by atoms with van der Waals surface area (Å²) >= 11 is 0. The van der Waals surface area contributed by atoms with Gasteiger partial charge >= 0.3 is 0 Å². The highest BCUT2D eigenvalue weighted by atomic mass is 14.9. The van der Waals surface area contributed by atoms with Crippen LogP contribution in [0.2, 0.25) is 0 Å². The van der Waals surface area contributed by atoms with Gasteiger partial charge in [0.05, 0.1) is 6.04 Å². The highest BCUT2D eigenvalue weighted by molar-refractivity contribution is 5.58. The average molecular weight is 251 g/mol. The van der Waals surface area contributed by atoms with E-state index in [4.69, 9.17) is 0 Å². The second-order valence-corrected chi connectivity index (χ2v) is 6.43. The summed E-state index contributed by atoms with van der Waals surface area (Å²) in [6.45, 7) is 6.77. The lowest BCUT2D eigenvalue weighted by atomic mass is 9.86. The minimum Gasteiger partial charge on any atom is -0.378 e. The number of para-hydroxylation sites is 1. The monoisotopic (exact) mass is 251 g/mol. The molecule has 0 spiro atoms. The standard InChI is InChI=1S/C18H21N/c1-18(2,3)15-10-8-13(9-11-15)17-12-14-6-4-5-7-16(14)19-17/h4-11,17,19H,12H2,1-3H3/t17-/m1/s1. The van der Waals surface area contributed by atoms with Crippen LogP contribution in [0.25, 0.3) is 0 Å². The molecule has 1 heterocycles. The van der Waals surface area contributed by atoms with Crippen LogP contribution in [0.4, 0.5) is 5.69 Å². The van der Waals surface area contributed by atoms with Gasteiger partial charge in [-0.05, 0) is 34.6 Å². The maximum atomic E-state index is 3.61. The van der Waals surface area contributed by atoms with E-state index < -0.39 is 0 Å². The van der Waals surface area contributed by atoms with Crippen LogP contribution in [0.3, 0.4) is 0 Å². The Bertz CT molecular complexity index is 550. The van der Waals surface area contributed by atoms with Gasteiger partial charge in [0, 0.05) is 5.69 Å². The van der Waals surface area contributed by atoms with Crippen molar-refractivity contribution in [3.05, 3.63) is 65.2 Å². The van der Waals surface area contributed by atoms with E-state index in [0.717, 1.165) is 6.42 Å². The number of anilines is 1. The molecule has 0 aromatic heterocycles. The first-order chi connectivity index (χ1) is 9.04. The van der Waals surface area contributed by atoms with E-state index in [1.807, 2.05) is 0 Å². The molecular weight excluding hydrogens is 230 g/mol. The van der Waals surface area contributed by atoms with Crippen molar-refractivity contribution in [3.63, 3.8) is 0 Å². The molecule has 0 radical (unpaired) electrons. The molecule has 0 saturated heterocycles. The Balaban J connectivity index is 1.82. The molecule has 1 heteroatoms. The Morgan fingerprint density at radius 2 is 1.63 bits per heavy atom. The third kappa shape index (κ3) is 2.37. The van der Waals surface area contributed by atoms with E-state index in [1.165, 1.54) is 22.4 Å². The molecular formula is C18H21N. The maximum Gasteiger partial charge on any atom is 0.0555 e. The Labute approximate surface area is 115 Å². The summed E-state index contributed by atoms with van der Waals surface area (Å²) in [6, 6.07) is 18.1. The van der Waals surface area contributed by atoms with Crippen molar-refractivity contribution in [2.75, 3.05) is 5.32 Å². The predicted octanol–water partition coefficient (Wildman–Crippen LogP) is 4.69. The van der Waals surface area contributed by atoms with Gasteiger partial charge < -0.3 is 5.32 Å². The summed E-state index contributed by atoms with van der Waals surface area (Å²) in [6.07, 6.45) is 1.09. The van der Waals surface area contributed by atoms with Gasteiger partial charge in [-0.15, -0.1) is 0 Å². The fourth-order valence-corrected chi connectivity index (χ4v) is 2.71. The van der Waals surface area contributed by atoms with Gasteiger partial charge in [-0.3, -0.25) is 0 Å². The Morgan fingerprint density at radius 3 is 2.26 bits per heavy atom. The molecule has 2 aromatic carbocycles. The number of benzene rings is 2. The molecule has 1 aliphatic rings. The van der Waals surface area contributed by atoms with Gasteiger partial charge in [0.2, 0.25) is 0 Å². The highest BCUT2D eigenvalue weighted by Crippen LogP contribution is 2.34. The van der Waals surface area contributed by atoms with E-state index in [2.05, 4.69) is 74.6 Å². The zero-order chi connectivity index (χ0) is 13.5. The van der Waals surface area contributed by atoms with Gasteiger partial charge in [-0.1, -0.05) is 63.2 Å². The molecule has 0 saturated carbocycles. The molecule has 19 heavy (non-hydrogen) atoms. The first-order valence-electron chi connectivity index (χ1n) is 6.99. The van der Waals surface area contributed by atoms with Crippen molar-refractivity contribution in [1.82, 2.24) is 0 Å². The lowest BCUT2D eigenvalue weighted by Crippen LogP contribution is -2.12. The molecule has 1 aliphatic heterocycles. The minimum atomic E-state index is 0.227. The molecule has 0 amide bonds. The normalized spacial score (nSPS) is 17.9. The molecule has 0 unspecified atom stereocenters. The maximum absolute atomic E-state index is 3.61. The number of rotatable bonds is 1. The number of hydrogen-bond acceptors (Lipinski definition) is 1. The van der Waals surface area contributed by atoms with Crippen LogP contribution < -0.4 is 5.32 Å². The van der Waals surface area contributed by atoms with Crippen molar-refractivity contribution in [2.45, 2.75) is 38.6 Å². The Hall–Kier alpha value is -1.76. The van der Waals surface area contributed by atoms with E-state index >= 15 is 0 Å². The lowest BCUT2D eigenvalue weighted by molar-refractivity contribution is 0.589. The van der Waals surface area contributed by atoms with Crippen molar-refractivity contribution in [2.24, 2.45) is 0 Å². The van der Waals surface area contributed by atoms with E-state index in [-0.39, 0.29) is 5.41 Å². The third-order valence-corrected chi connectivity index (χ3v) is 3.95. The minimum absolute atomic E-state index is 0.227. The SMILES string of the molecule is CC(C)(C)c1ccc([C@H]2Cc3ccccc3N2)cc1. The number of hydrogen-bond donors (Lipinski definition) is 1. The second-order valence-electron chi connectivity index (χ2n) is 6.43. The molecule has 3 rings (SSSR count). The molecule has 2 aromatic rings. The zero-order valence-electron chi connectivity index (χ0n) is 11.9. The topological polar surface area (TPSA) is 12.0 Å². The molecule has 1 atom stereocenters. The molecule has 1 nitrogen and oxygen atoms in total. The Kier molecular flexibility index (Phi) is 2.85. The summed E-state index contributed by atoms with van der Waals surface area (Å²) in [5, 5.41) is 3.61. The second kappa shape index (κ2) is 4.41. The molecule has 98 valence electrons. The fourth-order valence-electron chi connectivity index (χ4n) is 2.71. The molecule has 1 N–H and O–H groups in total. The number of nitrogens with one attached hydrogen (secondary N) is 1. The van der Waals surface area contributed by atoms with Gasteiger partial charge in [-0.25, -0.2) is 0 Å². The van der Waals surface area contributed by atoms with Crippen molar-refractivity contribution >= 4 is 5.69 Å². The van der Waals surface area contributed by atoms with Crippen molar-refractivity contribution in [3.8, 4) is 0 Å². The fraction of sp³-hybridized carbons (Fsp3) is 0.333.